The number of carbonyl (C=O) groups excluding carboxylic acids is 1. The third kappa shape index (κ3) is 3.16. The molecule has 0 spiro atoms. The van der Waals surface area contributed by atoms with Crippen LogP contribution in [0.15, 0.2) is 29.2 Å². The smallest absolute Gasteiger partial charge is 0.258 e. The number of rotatable bonds is 5. The minimum absolute atomic E-state index is 0.423. The molecule has 1 unspecified atom stereocenters. The van der Waals surface area contributed by atoms with E-state index in [4.69, 9.17) is 10.5 Å². The summed E-state index contributed by atoms with van der Waals surface area (Å²) in [6.45, 7) is 1.87. The highest BCUT2D eigenvalue weighted by molar-refractivity contribution is 7.98. The Morgan fingerprint density at radius 1 is 1.53 bits per heavy atom. The molecule has 0 bridgehead atoms. The van der Waals surface area contributed by atoms with Crippen LogP contribution in [-0.2, 0) is 4.79 Å². The van der Waals surface area contributed by atoms with Crippen molar-refractivity contribution in [2.75, 3.05) is 6.26 Å². The Kier molecular flexibility index (Phi) is 4.49. The molecule has 2 N–H and O–H groups in total. The van der Waals surface area contributed by atoms with Crippen LogP contribution in [0, 0.1) is 0 Å². The average Bonchev–Trinajstić information content (AvgIpc) is 2.25. The Hall–Kier alpha value is -1.16. The van der Waals surface area contributed by atoms with E-state index in [0.717, 1.165) is 10.6 Å². The van der Waals surface area contributed by atoms with Crippen LogP contribution >= 0.6 is 11.8 Å². The van der Waals surface area contributed by atoms with Crippen LogP contribution in [0.3, 0.4) is 0 Å². The third-order valence-electron chi connectivity index (χ3n) is 2.03. The summed E-state index contributed by atoms with van der Waals surface area (Å²) >= 11 is 1.58. The van der Waals surface area contributed by atoms with E-state index in [-0.39, 0.29) is 0 Å². The quantitative estimate of drug-likeness (QED) is 0.780. The summed E-state index contributed by atoms with van der Waals surface area (Å²) < 4.78 is 5.55. The molecule has 1 aromatic rings. The predicted octanol–water partition coefficient (Wildman–Crippen LogP) is 2.05. The molecule has 3 nitrogen and oxygen atoms in total. The van der Waals surface area contributed by atoms with Gasteiger partial charge in [0.2, 0.25) is 0 Å². The molecule has 1 atom stereocenters. The van der Waals surface area contributed by atoms with Gasteiger partial charge in [-0.2, -0.15) is 0 Å². The largest absolute Gasteiger partial charge is 0.479 e. The maximum Gasteiger partial charge on any atom is 0.258 e. The van der Waals surface area contributed by atoms with Crippen molar-refractivity contribution in [3.8, 4) is 5.75 Å². The molecule has 0 saturated carbocycles. The van der Waals surface area contributed by atoms with Crippen LogP contribution in [0.4, 0.5) is 0 Å². The van der Waals surface area contributed by atoms with Crippen molar-refractivity contribution in [2.24, 2.45) is 5.73 Å². The molecule has 0 aliphatic rings. The number of hydrogen-bond acceptors (Lipinski definition) is 3. The number of hydrogen-bond donors (Lipinski definition) is 1. The Labute approximate surface area is 94.0 Å². The molecule has 1 amide bonds. The number of nitrogens with two attached hydrogens (primary N) is 1. The van der Waals surface area contributed by atoms with Crippen molar-refractivity contribution < 1.29 is 9.53 Å². The first kappa shape index (κ1) is 11.9. The van der Waals surface area contributed by atoms with Gasteiger partial charge in [0.15, 0.2) is 6.10 Å². The number of carbonyl (C=O) groups is 1. The van der Waals surface area contributed by atoms with E-state index in [0.29, 0.717) is 6.42 Å². The second kappa shape index (κ2) is 5.66. The minimum atomic E-state index is -0.543. The lowest BCUT2D eigenvalue weighted by atomic mass is 10.2. The molecule has 1 aromatic carbocycles. The molecule has 0 saturated heterocycles. The van der Waals surface area contributed by atoms with E-state index >= 15 is 0 Å². The van der Waals surface area contributed by atoms with Crippen molar-refractivity contribution in [3.05, 3.63) is 24.3 Å². The van der Waals surface area contributed by atoms with Gasteiger partial charge in [-0.25, -0.2) is 0 Å². The highest BCUT2D eigenvalue weighted by atomic mass is 32.2. The van der Waals surface area contributed by atoms with Gasteiger partial charge in [0.05, 0.1) is 0 Å². The number of ether oxygens (including phenoxy) is 1. The maximum atomic E-state index is 11.0. The van der Waals surface area contributed by atoms with Gasteiger partial charge in [0.1, 0.15) is 5.75 Å². The van der Waals surface area contributed by atoms with Crippen molar-refractivity contribution >= 4 is 17.7 Å². The molecular weight excluding hydrogens is 210 g/mol. The van der Waals surface area contributed by atoms with Gasteiger partial charge in [0, 0.05) is 4.90 Å². The van der Waals surface area contributed by atoms with E-state index in [2.05, 4.69) is 0 Å². The summed E-state index contributed by atoms with van der Waals surface area (Å²) in [5, 5.41) is 0. The van der Waals surface area contributed by atoms with E-state index < -0.39 is 12.0 Å². The maximum absolute atomic E-state index is 11.0. The van der Waals surface area contributed by atoms with Crippen LogP contribution in [0.5, 0.6) is 5.75 Å². The normalized spacial score (nSPS) is 12.1. The molecule has 0 aliphatic carbocycles. The summed E-state index contributed by atoms with van der Waals surface area (Å²) in [5.74, 6) is 0.295. The van der Waals surface area contributed by atoms with Crippen molar-refractivity contribution in [1.82, 2.24) is 0 Å². The fourth-order valence-electron chi connectivity index (χ4n) is 1.21. The zero-order valence-corrected chi connectivity index (χ0v) is 9.71. The zero-order chi connectivity index (χ0) is 11.3. The lowest BCUT2D eigenvalue weighted by Gasteiger charge is -2.15. The van der Waals surface area contributed by atoms with Crippen molar-refractivity contribution in [2.45, 2.75) is 24.3 Å². The first-order valence-corrected chi connectivity index (χ1v) is 6.00. The number of benzene rings is 1. The molecule has 0 aromatic heterocycles. The van der Waals surface area contributed by atoms with Gasteiger partial charge in [-0.1, -0.05) is 19.1 Å². The van der Waals surface area contributed by atoms with Gasteiger partial charge in [-0.15, -0.1) is 11.8 Å². The second-order valence-corrected chi connectivity index (χ2v) is 3.92. The molecule has 0 heterocycles. The van der Waals surface area contributed by atoms with Crippen molar-refractivity contribution in [3.63, 3.8) is 0 Å². The Bertz CT molecular complexity index is 341. The summed E-state index contributed by atoms with van der Waals surface area (Å²) in [6.07, 6.45) is 2.00. The topological polar surface area (TPSA) is 52.3 Å². The van der Waals surface area contributed by atoms with Gasteiger partial charge in [-0.05, 0) is 24.8 Å². The van der Waals surface area contributed by atoms with Crippen LogP contribution in [0.1, 0.15) is 13.3 Å². The molecule has 82 valence electrons. The number of primary amides is 1. The molecule has 0 radical (unpaired) electrons. The highest BCUT2D eigenvalue weighted by Gasteiger charge is 2.15. The van der Waals surface area contributed by atoms with Crippen molar-refractivity contribution in [1.29, 1.82) is 0 Å². The molecular formula is C11H15NO2S. The fourth-order valence-corrected chi connectivity index (χ4v) is 1.74. The minimum Gasteiger partial charge on any atom is -0.479 e. The molecule has 4 heteroatoms. The van der Waals surface area contributed by atoms with E-state index in [1.54, 1.807) is 11.8 Å². The first-order valence-electron chi connectivity index (χ1n) is 4.78. The Morgan fingerprint density at radius 3 is 2.73 bits per heavy atom. The monoisotopic (exact) mass is 225 g/mol. The fraction of sp³-hybridized carbons (Fsp3) is 0.364. The van der Waals surface area contributed by atoms with Gasteiger partial charge < -0.3 is 10.5 Å². The van der Waals surface area contributed by atoms with Crippen LogP contribution in [0.25, 0.3) is 0 Å². The average molecular weight is 225 g/mol. The van der Waals surface area contributed by atoms with E-state index in [9.17, 15) is 4.79 Å². The zero-order valence-electron chi connectivity index (χ0n) is 8.90. The SMILES string of the molecule is CCC(Oc1ccccc1SC)C(N)=O. The lowest BCUT2D eigenvalue weighted by molar-refractivity contribution is -0.124. The van der Waals surface area contributed by atoms with Crippen LogP contribution < -0.4 is 10.5 Å². The second-order valence-electron chi connectivity index (χ2n) is 3.07. The first-order chi connectivity index (χ1) is 7.19. The predicted molar refractivity (Wildman–Crippen MR) is 62.1 cm³/mol. The highest BCUT2D eigenvalue weighted by Crippen LogP contribution is 2.27. The lowest BCUT2D eigenvalue weighted by Crippen LogP contribution is -2.33. The van der Waals surface area contributed by atoms with Gasteiger partial charge in [-0.3, -0.25) is 4.79 Å². The van der Waals surface area contributed by atoms with Gasteiger partial charge in [0.25, 0.3) is 5.91 Å². The Morgan fingerprint density at radius 2 is 2.20 bits per heavy atom. The summed E-state index contributed by atoms with van der Waals surface area (Å²) in [5.41, 5.74) is 5.22. The number of para-hydroxylation sites is 1. The van der Waals surface area contributed by atoms with Crippen LogP contribution in [0.2, 0.25) is 0 Å². The van der Waals surface area contributed by atoms with E-state index in [1.165, 1.54) is 0 Å². The molecule has 15 heavy (non-hydrogen) atoms. The number of amides is 1. The molecule has 0 aliphatic heterocycles. The summed E-state index contributed by atoms with van der Waals surface area (Å²) in [6, 6.07) is 7.61. The van der Waals surface area contributed by atoms with Gasteiger partial charge >= 0.3 is 0 Å². The summed E-state index contributed by atoms with van der Waals surface area (Å²) in [4.78, 5) is 12.0. The standard InChI is InChI=1S/C11H15NO2S/c1-3-8(11(12)13)14-9-6-4-5-7-10(9)15-2/h4-8H,3H2,1-2H3,(H2,12,13). The van der Waals surface area contributed by atoms with Crippen LogP contribution in [-0.4, -0.2) is 18.3 Å². The Balaban J connectivity index is 2.82. The molecule has 0 fully saturated rings. The number of thioether (sulfide) groups is 1. The molecule has 1 rings (SSSR count). The third-order valence-corrected chi connectivity index (χ3v) is 2.80. The van der Waals surface area contributed by atoms with E-state index in [1.807, 2.05) is 37.4 Å². The summed E-state index contributed by atoms with van der Waals surface area (Å²) in [7, 11) is 0.